The number of hydrogen-bond acceptors (Lipinski definition) is 3. The maximum Gasteiger partial charge on any atom is 0.336 e. The number of ketones is 1. The average molecular weight is 336 g/mol. The number of allylic oxidation sites excluding steroid dienone is 5. The third-order valence-electron chi connectivity index (χ3n) is 3.81. The molecule has 0 fully saturated rings. The third kappa shape index (κ3) is 3.53. The molecule has 4 heteroatoms. The number of ether oxygens (including phenoxy) is 1. The number of carboxylic acids is 1. The van der Waals surface area contributed by atoms with E-state index in [4.69, 9.17) is 4.74 Å². The van der Waals surface area contributed by atoms with Crippen LogP contribution in [-0.2, 0) is 9.53 Å². The fourth-order valence-electron chi connectivity index (χ4n) is 2.79. The molecule has 2 rings (SSSR count). The minimum Gasteiger partial charge on any atom is -0.478 e. The highest BCUT2D eigenvalue weighted by Crippen LogP contribution is 2.42. The smallest absolute Gasteiger partial charge is 0.336 e. The van der Waals surface area contributed by atoms with Crippen molar-refractivity contribution in [2.24, 2.45) is 0 Å². The highest BCUT2D eigenvalue weighted by molar-refractivity contribution is 6.01. The van der Waals surface area contributed by atoms with Crippen LogP contribution in [-0.4, -0.2) is 16.9 Å². The topological polar surface area (TPSA) is 63.6 Å². The van der Waals surface area contributed by atoms with E-state index in [2.05, 4.69) is 6.58 Å². The molecule has 1 aromatic carbocycles. The summed E-state index contributed by atoms with van der Waals surface area (Å²) in [4.78, 5) is 23.3. The van der Waals surface area contributed by atoms with Gasteiger partial charge in [-0.05, 0) is 38.5 Å². The summed E-state index contributed by atoms with van der Waals surface area (Å²) in [5.74, 6) is -0.264. The molecule has 1 aromatic rings. The molecule has 0 radical (unpaired) electrons. The van der Waals surface area contributed by atoms with E-state index in [9.17, 15) is 14.7 Å². The summed E-state index contributed by atoms with van der Waals surface area (Å²) < 4.78 is 5.86. The molecule has 1 heterocycles. The van der Waals surface area contributed by atoms with Gasteiger partial charge in [-0.15, -0.1) is 0 Å². The fourth-order valence-corrected chi connectivity index (χ4v) is 2.79. The van der Waals surface area contributed by atoms with Crippen molar-refractivity contribution in [2.75, 3.05) is 0 Å². The zero-order chi connectivity index (χ0) is 18.6. The number of benzene rings is 1. The van der Waals surface area contributed by atoms with Gasteiger partial charge in [-0.25, -0.2) is 4.79 Å². The van der Waals surface area contributed by atoms with E-state index < -0.39 is 5.97 Å². The van der Waals surface area contributed by atoms with Gasteiger partial charge < -0.3 is 9.84 Å². The zero-order valence-electron chi connectivity index (χ0n) is 14.5. The first-order chi connectivity index (χ1) is 11.9. The lowest BCUT2D eigenvalue weighted by atomic mass is 9.85. The third-order valence-corrected chi connectivity index (χ3v) is 3.81. The summed E-state index contributed by atoms with van der Waals surface area (Å²) >= 11 is 0. The van der Waals surface area contributed by atoms with Gasteiger partial charge in [0.2, 0.25) is 0 Å². The van der Waals surface area contributed by atoms with Gasteiger partial charge in [0.25, 0.3) is 0 Å². The van der Waals surface area contributed by atoms with Gasteiger partial charge in [0.05, 0.1) is 5.56 Å². The Balaban J connectivity index is 2.93. The minimum atomic E-state index is -1.02. The Hall–Kier alpha value is -3.14. The second-order valence-corrected chi connectivity index (χ2v) is 5.42. The Labute approximate surface area is 147 Å². The molecule has 0 amide bonds. The maximum atomic E-state index is 11.7. The van der Waals surface area contributed by atoms with Gasteiger partial charge in [0, 0.05) is 22.8 Å². The lowest BCUT2D eigenvalue weighted by Crippen LogP contribution is -2.13. The minimum absolute atomic E-state index is 0.167. The molecule has 0 aromatic heterocycles. The molecule has 0 atom stereocenters. The molecule has 1 N–H and O–H groups in total. The van der Waals surface area contributed by atoms with Gasteiger partial charge in [-0.1, -0.05) is 36.9 Å². The predicted octanol–water partition coefficient (Wildman–Crippen LogP) is 4.68. The first kappa shape index (κ1) is 18.2. The van der Waals surface area contributed by atoms with Gasteiger partial charge in [-0.3, -0.25) is 4.79 Å². The number of rotatable bonds is 4. The van der Waals surface area contributed by atoms with E-state index in [1.807, 2.05) is 19.9 Å². The largest absolute Gasteiger partial charge is 0.478 e. The zero-order valence-corrected chi connectivity index (χ0v) is 14.5. The molecule has 0 spiro atoms. The van der Waals surface area contributed by atoms with Gasteiger partial charge in [-0.2, -0.15) is 0 Å². The van der Waals surface area contributed by atoms with Crippen molar-refractivity contribution in [3.05, 3.63) is 88.9 Å². The Morgan fingerprint density at radius 3 is 2.32 bits per heavy atom. The number of carboxylic acid groups (broad SMARTS) is 1. The summed E-state index contributed by atoms with van der Waals surface area (Å²) in [5.41, 5.74) is 2.75. The first-order valence-corrected chi connectivity index (χ1v) is 7.87. The molecule has 1 aliphatic heterocycles. The Kier molecular flexibility index (Phi) is 5.55. The lowest BCUT2D eigenvalue weighted by Gasteiger charge is -2.27. The van der Waals surface area contributed by atoms with Gasteiger partial charge in [0.1, 0.15) is 11.5 Å². The van der Waals surface area contributed by atoms with E-state index in [1.165, 1.54) is 13.0 Å². The van der Waals surface area contributed by atoms with Crippen molar-refractivity contribution >= 4 is 17.3 Å². The first-order valence-electron chi connectivity index (χ1n) is 7.87. The van der Waals surface area contributed by atoms with E-state index >= 15 is 0 Å². The molecule has 0 saturated carbocycles. The molecule has 1 aliphatic rings. The number of hydrogen-bond donors (Lipinski definition) is 1. The van der Waals surface area contributed by atoms with Crippen LogP contribution in [0, 0.1) is 0 Å². The van der Waals surface area contributed by atoms with Crippen LogP contribution in [0.1, 0.15) is 36.7 Å². The van der Waals surface area contributed by atoms with Crippen LogP contribution in [0.5, 0.6) is 0 Å². The fraction of sp³-hybridized carbons (Fsp3) is 0.143. The van der Waals surface area contributed by atoms with Crippen molar-refractivity contribution in [1.29, 1.82) is 0 Å². The van der Waals surface area contributed by atoms with Crippen molar-refractivity contribution in [2.45, 2.75) is 20.8 Å². The van der Waals surface area contributed by atoms with Crippen LogP contribution >= 0.6 is 0 Å². The highest BCUT2D eigenvalue weighted by Gasteiger charge is 2.28. The van der Waals surface area contributed by atoms with E-state index in [-0.39, 0.29) is 11.3 Å². The molecule has 0 aliphatic carbocycles. The molecule has 0 unspecified atom stereocenters. The Bertz CT molecular complexity index is 864. The average Bonchev–Trinajstić information content (AvgIpc) is 2.59. The van der Waals surface area contributed by atoms with Crippen molar-refractivity contribution in [3.8, 4) is 0 Å². The number of aromatic carboxylic acids is 1. The van der Waals surface area contributed by atoms with E-state index in [0.717, 1.165) is 5.57 Å². The number of carbonyl (C=O) groups excluding carboxylic acids is 1. The molecular formula is C21H20O4. The van der Waals surface area contributed by atoms with Gasteiger partial charge in [0.15, 0.2) is 5.78 Å². The van der Waals surface area contributed by atoms with E-state index in [0.29, 0.717) is 28.2 Å². The summed E-state index contributed by atoms with van der Waals surface area (Å²) in [6.45, 7) is 8.94. The maximum absolute atomic E-state index is 11.7. The Morgan fingerprint density at radius 1 is 1.12 bits per heavy atom. The molecular weight excluding hydrogens is 316 g/mol. The van der Waals surface area contributed by atoms with Crippen LogP contribution in [0.4, 0.5) is 0 Å². The molecule has 0 saturated heterocycles. The van der Waals surface area contributed by atoms with Gasteiger partial charge >= 0.3 is 5.97 Å². The highest BCUT2D eigenvalue weighted by atomic mass is 16.5. The second-order valence-electron chi connectivity index (χ2n) is 5.42. The summed E-state index contributed by atoms with van der Waals surface area (Å²) in [6.07, 6.45) is 6.61. The normalized spacial score (nSPS) is 19.2. The van der Waals surface area contributed by atoms with Crippen LogP contribution in [0.15, 0.2) is 77.8 Å². The molecule has 128 valence electrons. The van der Waals surface area contributed by atoms with Crippen molar-refractivity contribution in [3.63, 3.8) is 0 Å². The van der Waals surface area contributed by atoms with Crippen LogP contribution in [0.3, 0.4) is 0 Å². The SMILES string of the molecule is C=CC1=C(c2ccccc2C(=O)O)C(=C/C)/C(=C\C)O/C1=C/C(C)=O. The van der Waals surface area contributed by atoms with Crippen LogP contribution < -0.4 is 0 Å². The lowest BCUT2D eigenvalue weighted by molar-refractivity contribution is -0.112. The standard InChI is InChI=1S/C21H20O4/c1-5-14-18(7-3)25-19(12-13(4)22)15(6-2)20(14)16-10-8-9-11-17(16)21(23)24/h5-12H,2H2,1,3-4H3,(H,23,24)/b14-5+,18-7+,19-12+. The van der Waals surface area contributed by atoms with Crippen LogP contribution in [0.25, 0.3) is 5.57 Å². The number of carbonyl (C=O) groups is 2. The summed E-state index contributed by atoms with van der Waals surface area (Å²) in [7, 11) is 0. The molecule has 4 nitrogen and oxygen atoms in total. The predicted molar refractivity (Wildman–Crippen MR) is 97.9 cm³/mol. The monoisotopic (exact) mass is 336 g/mol. The van der Waals surface area contributed by atoms with E-state index in [1.54, 1.807) is 36.4 Å². The quantitative estimate of drug-likeness (QED) is 0.811. The van der Waals surface area contributed by atoms with Crippen molar-refractivity contribution < 1.29 is 19.4 Å². The summed E-state index contributed by atoms with van der Waals surface area (Å²) in [6, 6.07) is 6.76. The van der Waals surface area contributed by atoms with Crippen molar-refractivity contribution in [1.82, 2.24) is 0 Å². The molecule has 0 bridgehead atoms. The van der Waals surface area contributed by atoms with Crippen LogP contribution in [0.2, 0.25) is 0 Å². The Morgan fingerprint density at radius 2 is 1.80 bits per heavy atom. The summed E-state index contributed by atoms with van der Waals surface area (Å²) in [5, 5.41) is 9.57. The second kappa shape index (κ2) is 7.62. The molecule has 25 heavy (non-hydrogen) atoms.